The van der Waals surface area contributed by atoms with Gasteiger partial charge in [-0.3, -0.25) is 0 Å². The molecule has 7 heteroatoms. The molecule has 0 saturated heterocycles. The van der Waals surface area contributed by atoms with Crippen molar-refractivity contribution in [1.29, 1.82) is 0 Å². The molecule has 0 atom stereocenters. The van der Waals surface area contributed by atoms with E-state index in [1.165, 1.54) is 27.7 Å². The molecule has 0 spiro atoms. The van der Waals surface area contributed by atoms with E-state index in [4.69, 9.17) is 0 Å². The zero-order valence-corrected chi connectivity index (χ0v) is 9.70. The lowest BCUT2D eigenvalue weighted by Gasteiger charge is -2.37. The molecule has 0 unspecified atom stereocenters. The molecule has 0 radical (unpaired) electrons. The average molecular weight is 242 g/mol. The van der Waals surface area contributed by atoms with Crippen molar-refractivity contribution in [1.82, 2.24) is 10.6 Å². The molecule has 3 N–H and O–H groups in total. The largest absolute Gasteiger partial charge is 0.405 e. The fourth-order valence-electron chi connectivity index (χ4n) is 0.661. The van der Waals surface area contributed by atoms with Gasteiger partial charge in [0.25, 0.3) is 0 Å². The summed E-state index contributed by atoms with van der Waals surface area (Å²) < 4.78 is 35.4. The van der Waals surface area contributed by atoms with Gasteiger partial charge in [0.15, 0.2) is 0 Å². The van der Waals surface area contributed by atoms with Gasteiger partial charge in [-0.2, -0.15) is 13.2 Å². The maximum absolute atomic E-state index is 11.8. The number of amides is 2. The summed E-state index contributed by atoms with van der Waals surface area (Å²) in [4.78, 5) is 11.1. The first kappa shape index (κ1) is 15.0. The lowest BCUT2D eigenvalue weighted by molar-refractivity contribution is -0.122. The van der Waals surface area contributed by atoms with E-state index >= 15 is 0 Å². The monoisotopic (exact) mass is 242 g/mol. The van der Waals surface area contributed by atoms with E-state index in [-0.39, 0.29) is 0 Å². The maximum Gasteiger partial charge on any atom is 0.405 e. The Bertz CT molecular complexity index is 256. The number of halogens is 3. The van der Waals surface area contributed by atoms with Crippen molar-refractivity contribution in [3.8, 4) is 0 Å². The number of nitrogens with one attached hydrogen (secondary N) is 2. The highest BCUT2D eigenvalue weighted by atomic mass is 19.4. The van der Waals surface area contributed by atoms with Gasteiger partial charge in [-0.1, -0.05) is 0 Å². The minimum Gasteiger partial charge on any atom is -0.388 e. The van der Waals surface area contributed by atoms with Crippen LogP contribution in [0, 0.1) is 0 Å². The molecule has 0 aliphatic heterocycles. The smallest absolute Gasteiger partial charge is 0.388 e. The Morgan fingerprint density at radius 2 is 1.62 bits per heavy atom. The highest BCUT2D eigenvalue weighted by molar-refractivity contribution is 5.74. The standard InChI is InChI=1S/C9H17F3N2O2/c1-7(2,8(3,4)16)14-6(15)13-5-9(10,11)12/h16H,5H2,1-4H3,(H2,13,14,15). The van der Waals surface area contributed by atoms with Crippen LogP contribution in [0.3, 0.4) is 0 Å². The molecule has 0 heterocycles. The van der Waals surface area contributed by atoms with Crippen LogP contribution >= 0.6 is 0 Å². The molecule has 0 rings (SSSR count). The predicted octanol–water partition coefficient (Wildman–Crippen LogP) is 1.40. The Morgan fingerprint density at radius 1 is 1.19 bits per heavy atom. The maximum atomic E-state index is 11.8. The Hall–Kier alpha value is -0.980. The number of aliphatic hydroxyl groups is 1. The lowest BCUT2D eigenvalue weighted by atomic mass is 9.86. The Kier molecular flexibility index (Phi) is 4.21. The van der Waals surface area contributed by atoms with E-state index in [9.17, 15) is 23.1 Å². The van der Waals surface area contributed by atoms with Crippen molar-refractivity contribution >= 4 is 6.03 Å². The molecule has 0 aromatic rings. The Morgan fingerprint density at radius 3 is 1.94 bits per heavy atom. The van der Waals surface area contributed by atoms with Crippen LogP contribution in [0.2, 0.25) is 0 Å². The minimum atomic E-state index is -4.45. The average Bonchev–Trinajstić information content (AvgIpc) is 1.96. The molecule has 0 saturated carbocycles. The number of urea groups is 1. The van der Waals surface area contributed by atoms with Crippen LogP contribution < -0.4 is 10.6 Å². The first-order valence-electron chi connectivity index (χ1n) is 4.70. The fraction of sp³-hybridized carbons (Fsp3) is 0.889. The second kappa shape index (κ2) is 4.48. The van der Waals surface area contributed by atoms with Crippen LogP contribution in [-0.2, 0) is 0 Å². The fourth-order valence-corrected chi connectivity index (χ4v) is 0.661. The highest BCUT2D eigenvalue weighted by Crippen LogP contribution is 2.20. The lowest BCUT2D eigenvalue weighted by Crippen LogP contribution is -2.60. The molecule has 0 aliphatic rings. The van der Waals surface area contributed by atoms with Gasteiger partial charge in [-0.15, -0.1) is 0 Å². The van der Waals surface area contributed by atoms with Gasteiger partial charge in [0.1, 0.15) is 6.54 Å². The van der Waals surface area contributed by atoms with Gasteiger partial charge in [0.2, 0.25) is 0 Å². The molecule has 0 fully saturated rings. The number of rotatable bonds is 3. The van der Waals surface area contributed by atoms with Gasteiger partial charge in [0, 0.05) is 0 Å². The summed E-state index contributed by atoms with van der Waals surface area (Å²) in [6, 6.07) is -0.968. The minimum absolute atomic E-state index is 0.968. The number of carbonyl (C=O) groups excluding carboxylic acids is 1. The molecule has 16 heavy (non-hydrogen) atoms. The summed E-state index contributed by atoms with van der Waals surface area (Å²) >= 11 is 0. The molecule has 4 nitrogen and oxygen atoms in total. The van der Waals surface area contributed by atoms with Crippen LogP contribution in [0.4, 0.5) is 18.0 Å². The number of carbonyl (C=O) groups is 1. The zero-order valence-electron chi connectivity index (χ0n) is 9.70. The van der Waals surface area contributed by atoms with E-state index in [1.807, 2.05) is 0 Å². The van der Waals surface area contributed by atoms with Crippen LogP contribution in [0.25, 0.3) is 0 Å². The summed E-state index contributed by atoms with van der Waals surface area (Å²) in [7, 11) is 0. The molecular weight excluding hydrogens is 225 g/mol. The van der Waals surface area contributed by atoms with Crippen molar-refractivity contribution in [2.24, 2.45) is 0 Å². The van der Waals surface area contributed by atoms with Crippen LogP contribution in [-0.4, -0.2) is 35.0 Å². The van der Waals surface area contributed by atoms with E-state index in [0.29, 0.717) is 0 Å². The second-order valence-corrected chi connectivity index (χ2v) is 4.61. The normalized spacial score (nSPS) is 13.5. The Labute approximate surface area is 92.2 Å². The van der Waals surface area contributed by atoms with Gasteiger partial charge in [0.05, 0.1) is 11.1 Å². The molecule has 0 bridgehead atoms. The van der Waals surface area contributed by atoms with Gasteiger partial charge < -0.3 is 15.7 Å². The molecule has 0 aromatic heterocycles. The molecule has 0 aromatic carbocycles. The Balaban J connectivity index is 4.26. The van der Waals surface area contributed by atoms with Gasteiger partial charge in [-0.25, -0.2) is 4.79 Å². The summed E-state index contributed by atoms with van der Waals surface area (Å²) in [5, 5.41) is 13.6. The zero-order chi connectivity index (χ0) is 13.2. The van der Waals surface area contributed by atoms with Crippen molar-refractivity contribution in [2.45, 2.75) is 45.0 Å². The molecule has 96 valence electrons. The molecule has 0 aliphatic carbocycles. The van der Waals surface area contributed by atoms with Gasteiger partial charge in [-0.05, 0) is 27.7 Å². The predicted molar refractivity (Wildman–Crippen MR) is 53.0 cm³/mol. The summed E-state index contributed by atoms with van der Waals surface area (Å²) in [5.41, 5.74) is -2.29. The quantitative estimate of drug-likeness (QED) is 0.700. The van der Waals surface area contributed by atoms with Crippen LogP contribution in [0.1, 0.15) is 27.7 Å². The number of hydrogen-bond acceptors (Lipinski definition) is 2. The summed E-state index contributed by atoms with van der Waals surface area (Å²) in [5.74, 6) is 0. The second-order valence-electron chi connectivity index (χ2n) is 4.61. The highest BCUT2D eigenvalue weighted by Gasteiger charge is 2.37. The SMILES string of the molecule is CC(C)(O)C(C)(C)NC(=O)NCC(F)(F)F. The third kappa shape index (κ3) is 5.20. The third-order valence-corrected chi connectivity index (χ3v) is 2.40. The third-order valence-electron chi connectivity index (χ3n) is 2.40. The van der Waals surface area contributed by atoms with Crippen molar-refractivity contribution in [2.75, 3.05) is 6.54 Å². The van der Waals surface area contributed by atoms with E-state index in [0.717, 1.165) is 0 Å². The first-order valence-corrected chi connectivity index (χ1v) is 4.70. The van der Waals surface area contributed by atoms with Crippen molar-refractivity contribution < 1.29 is 23.1 Å². The first-order chi connectivity index (χ1) is 6.85. The van der Waals surface area contributed by atoms with Crippen LogP contribution in [0.5, 0.6) is 0 Å². The number of hydrogen-bond donors (Lipinski definition) is 3. The van der Waals surface area contributed by atoms with E-state index < -0.39 is 29.9 Å². The van der Waals surface area contributed by atoms with Crippen LogP contribution in [0.15, 0.2) is 0 Å². The van der Waals surface area contributed by atoms with Gasteiger partial charge >= 0.3 is 12.2 Å². The molecule has 2 amide bonds. The summed E-state index contributed by atoms with van der Waals surface area (Å²) in [6.07, 6.45) is -4.45. The number of alkyl halides is 3. The molecular formula is C9H17F3N2O2. The van der Waals surface area contributed by atoms with E-state index in [1.54, 1.807) is 5.32 Å². The van der Waals surface area contributed by atoms with E-state index in [2.05, 4.69) is 5.32 Å². The van der Waals surface area contributed by atoms with Crippen molar-refractivity contribution in [3.05, 3.63) is 0 Å². The van der Waals surface area contributed by atoms with Crippen molar-refractivity contribution in [3.63, 3.8) is 0 Å². The topological polar surface area (TPSA) is 61.4 Å². The summed E-state index contributed by atoms with van der Waals surface area (Å²) in [6.45, 7) is 4.54.